The molecule has 0 atom stereocenters. The number of carbonyl (C=O) groups is 1. The Morgan fingerprint density at radius 1 is 1.13 bits per heavy atom. The quantitative estimate of drug-likeness (QED) is 0.729. The molecule has 0 N–H and O–H groups in total. The molecule has 0 aromatic rings. The van der Waals surface area contributed by atoms with E-state index in [4.69, 9.17) is 0 Å². The number of aliphatic carboxylic acids is 1. The predicted molar refractivity (Wildman–Crippen MR) is 58.4 cm³/mol. The first kappa shape index (κ1) is 10.0. The molecule has 0 heterocycles. The molecule has 0 unspecified atom stereocenters. The van der Waals surface area contributed by atoms with E-state index >= 15 is 0 Å². The zero-order valence-corrected chi connectivity index (χ0v) is 9.72. The van der Waals surface area contributed by atoms with Gasteiger partial charge in [-0.3, -0.25) is 0 Å². The Labute approximate surface area is 94.8 Å². The van der Waals surface area contributed by atoms with E-state index in [2.05, 4.69) is 0 Å². The van der Waals surface area contributed by atoms with E-state index in [9.17, 15) is 9.90 Å². The number of hydrogen-bond donors (Lipinski definition) is 0. The third kappa shape index (κ3) is 1.79. The second-order valence-corrected chi connectivity index (χ2v) is 7.20. The lowest BCUT2D eigenvalue weighted by molar-refractivity contribution is -0.301. The average molecular weight is 225 g/mol. The number of carboxylic acids is 1. The SMILES string of the molecule is O=C([O-])CSC12CC3CC(CC(C3)C1)C2. The van der Waals surface area contributed by atoms with Crippen LogP contribution in [0.1, 0.15) is 38.5 Å². The molecule has 4 saturated carbocycles. The molecule has 84 valence electrons. The molecule has 4 aliphatic rings. The summed E-state index contributed by atoms with van der Waals surface area (Å²) in [7, 11) is 0. The number of rotatable bonds is 3. The van der Waals surface area contributed by atoms with E-state index in [0.29, 0.717) is 4.75 Å². The van der Waals surface area contributed by atoms with Crippen LogP contribution in [0.3, 0.4) is 0 Å². The van der Waals surface area contributed by atoms with Crippen LogP contribution in [-0.2, 0) is 4.79 Å². The zero-order valence-electron chi connectivity index (χ0n) is 8.91. The maximum absolute atomic E-state index is 10.6. The van der Waals surface area contributed by atoms with Crippen LogP contribution in [-0.4, -0.2) is 16.5 Å². The lowest BCUT2D eigenvalue weighted by Crippen LogP contribution is -2.49. The smallest absolute Gasteiger partial charge is 0.0513 e. The van der Waals surface area contributed by atoms with Crippen molar-refractivity contribution in [3.63, 3.8) is 0 Å². The second-order valence-electron chi connectivity index (χ2n) is 5.76. The van der Waals surface area contributed by atoms with E-state index < -0.39 is 5.97 Å². The van der Waals surface area contributed by atoms with Gasteiger partial charge < -0.3 is 9.90 Å². The molecule has 0 aliphatic heterocycles. The maximum atomic E-state index is 10.6. The molecule has 0 radical (unpaired) electrons. The minimum absolute atomic E-state index is 0.201. The first-order valence-corrected chi connectivity index (χ1v) is 6.98. The fourth-order valence-corrected chi connectivity index (χ4v) is 5.90. The number of thioether (sulfide) groups is 1. The summed E-state index contributed by atoms with van der Waals surface area (Å²) in [4.78, 5) is 10.6. The number of hydrogen-bond acceptors (Lipinski definition) is 3. The van der Waals surface area contributed by atoms with Gasteiger partial charge in [0.25, 0.3) is 0 Å². The molecule has 2 nitrogen and oxygen atoms in total. The molecule has 4 fully saturated rings. The van der Waals surface area contributed by atoms with Crippen LogP contribution in [0.25, 0.3) is 0 Å². The highest BCUT2D eigenvalue weighted by Gasteiger charge is 2.50. The van der Waals surface area contributed by atoms with E-state index in [1.54, 1.807) is 11.8 Å². The first-order chi connectivity index (χ1) is 7.15. The molecule has 0 spiro atoms. The van der Waals surface area contributed by atoms with Gasteiger partial charge in [-0.05, 0) is 56.3 Å². The van der Waals surface area contributed by atoms with Crippen molar-refractivity contribution in [3.05, 3.63) is 0 Å². The Hall–Kier alpha value is -0.180. The fourth-order valence-electron chi connectivity index (χ4n) is 4.42. The van der Waals surface area contributed by atoms with Gasteiger partial charge in [-0.25, -0.2) is 0 Å². The van der Waals surface area contributed by atoms with Crippen molar-refractivity contribution in [1.82, 2.24) is 0 Å². The van der Waals surface area contributed by atoms with Gasteiger partial charge in [0.15, 0.2) is 0 Å². The molecule has 15 heavy (non-hydrogen) atoms. The van der Waals surface area contributed by atoms with Gasteiger partial charge in [0.2, 0.25) is 0 Å². The van der Waals surface area contributed by atoms with Gasteiger partial charge in [-0.2, -0.15) is 0 Å². The van der Waals surface area contributed by atoms with Crippen LogP contribution in [0.4, 0.5) is 0 Å². The van der Waals surface area contributed by atoms with Crippen molar-refractivity contribution in [2.45, 2.75) is 43.3 Å². The van der Waals surface area contributed by atoms with E-state index in [1.807, 2.05) is 0 Å². The van der Waals surface area contributed by atoms with Crippen molar-refractivity contribution < 1.29 is 9.90 Å². The van der Waals surface area contributed by atoms with Crippen LogP contribution in [0.2, 0.25) is 0 Å². The molecule has 0 amide bonds. The molecule has 4 bridgehead atoms. The van der Waals surface area contributed by atoms with Crippen LogP contribution in [0, 0.1) is 17.8 Å². The summed E-state index contributed by atoms with van der Waals surface area (Å²) in [5, 5.41) is 10.6. The lowest BCUT2D eigenvalue weighted by Gasteiger charge is -2.56. The molecular formula is C12H17O2S-. The van der Waals surface area contributed by atoms with Crippen molar-refractivity contribution in [2.24, 2.45) is 17.8 Å². The normalized spacial score (nSPS) is 47.1. The summed E-state index contributed by atoms with van der Waals surface area (Å²) in [5.41, 5.74) is 0. The summed E-state index contributed by atoms with van der Waals surface area (Å²) in [6, 6.07) is 0. The molecule has 4 aliphatic carbocycles. The second kappa shape index (κ2) is 3.41. The standard InChI is InChI=1S/C12H18O2S/c13-11(14)7-15-12-4-8-1-9(5-12)3-10(2-8)6-12/h8-10H,1-7H2,(H,13,14)/p-1. The number of carboxylic acid groups (broad SMARTS) is 1. The molecular weight excluding hydrogens is 208 g/mol. The number of carbonyl (C=O) groups excluding carboxylic acids is 1. The summed E-state index contributed by atoms with van der Waals surface area (Å²) >= 11 is 1.68. The molecule has 4 rings (SSSR count). The summed E-state index contributed by atoms with van der Waals surface area (Å²) < 4.78 is 0.328. The lowest BCUT2D eigenvalue weighted by atomic mass is 9.56. The largest absolute Gasteiger partial charge is 0.549 e. The molecule has 0 aromatic heterocycles. The zero-order chi connectivity index (χ0) is 10.5. The third-order valence-electron chi connectivity index (χ3n) is 4.48. The molecule has 0 saturated heterocycles. The van der Waals surface area contributed by atoms with Crippen LogP contribution >= 0.6 is 11.8 Å². The van der Waals surface area contributed by atoms with Crippen molar-refractivity contribution in [1.29, 1.82) is 0 Å². The van der Waals surface area contributed by atoms with E-state index in [-0.39, 0.29) is 5.75 Å². The van der Waals surface area contributed by atoms with Gasteiger partial charge >= 0.3 is 0 Å². The van der Waals surface area contributed by atoms with Crippen LogP contribution < -0.4 is 5.11 Å². The van der Waals surface area contributed by atoms with Crippen LogP contribution in [0.5, 0.6) is 0 Å². The highest BCUT2D eigenvalue weighted by atomic mass is 32.2. The van der Waals surface area contributed by atoms with Gasteiger partial charge in [0.05, 0.1) is 5.97 Å². The average Bonchev–Trinajstić information content (AvgIpc) is 2.12. The minimum Gasteiger partial charge on any atom is -0.549 e. The Bertz CT molecular complexity index is 252. The summed E-state index contributed by atoms with van der Waals surface area (Å²) in [6.07, 6.45) is 8.09. The predicted octanol–water partition coefficient (Wildman–Crippen LogP) is 1.44. The minimum atomic E-state index is -0.893. The van der Waals surface area contributed by atoms with Crippen LogP contribution in [0.15, 0.2) is 0 Å². The van der Waals surface area contributed by atoms with Gasteiger partial charge in [0.1, 0.15) is 0 Å². The highest BCUT2D eigenvalue weighted by Crippen LogP contribution is 2.60. The third-order valence-corrected chi connectivity index (χ3v) is 5.97. The van der Waals surface area contributed by atoms with E-state index in [1.165, 1.54) is 38.5 Å². The summed E-state index contributed by atoms with van der Waals surface area (Å²) in [6.45, 7) is 0. The Morgan fingerprint density at radius 2 is 1.60 bits per heavy atom. The first-order valence-electron chi connectivity index (χ1n) is 5.99. The topological polar surface area (TPSA) is 40.1 Å². The Kier molecular flexibility index (Phi) is 2.27. The van der Waals surface area contributed by atoms with Crippen molar-refractivity contribution in [2.75, 3.05) is 5.75 Å². The molecule has 0 aromatic carbocycles. The molecule has 3 heteroatoms. The maximum Gasteiger partial charge on any atom is 0.0513 e. The van der Waals surface area contributed by atoms with Gasteiger partial charge in [-0.15, -0.1) is 11.8 Å². The van der Waals surface area contributed by atoms with Crippen molar-refractivity contribution >= 4 is 17.7 Å². The van der Waals surface area contributed by atoms with Crippen molar-refractivity contribution in [3.8, 4) is 0 Å². The monoisotopic (exact) mass is 225 g/mol. The Morgan fingerprint density at radius 3 is 2.00 bits per heavy atom. The summed E-state index contributed by atoms with van der Waals surface area (Å²) in [5.74, 6) is 2.03. The van der Waals surface area contributed by atoms with Gasteiger partial charge in [0, 0.05) is 10.5 Å². The highest BCUT2D eigenvalue weighted by molar-refractivity contribution is 8.01. The Balaban J connectivity index is 1.72. The fraction of sp³-hybridized carbons (Fsp3) is 0.917. The van der Waals surface area contributed by atoms with Gasteiger partial charge in [-0.1, -0.05) is 0 Å². The van der Waals surface area contributed by atoms with E-state index in [0.717, 1.165) is 17.8 Å².